The molecule has 0 bridgehead atoms. The van der Waals surface area contributed by atoms with Crippen molar-refractivity contribution in [2.24, 2.45) is 11.8 Å². The Morgan fingerprint density at radius 3 is 2.93 bits per heavy atom. The average molecular weight is 210 g/mol. The molecule has 3 nitrogen and oxygen atoms in total. The number of hydrogen-bond acceptors (Lipinski definition) is 2. The van der Waals surface area contributed by atoms with Gasteiger partial charge in [0.25, 0.3) is 0 Å². The zero-order valence-electron chi connectivity index (χ0n) is 9.83. The van der Waals surface area contributed by atoms with Crippen molar-refractivity contribution in [3.63, 3.8) is 0 Å². The summed E-state index contributed by atoms with van der Waals surface area (Å²) < 4.78 is 0. The molecule has 0 aromatic rings. The smallest absolute Gasteiger partial charge is 0.225 e. The number of fused-ring (bicyclic) bond motifs is 1. The largest absolute Gasteiger partial charge is 0.342 e. The quantitative estimate of drug-likeness (QED) is 0.706. The van der Waals surface area contributed by atoms with Gasteiger partial charge in [-0.25, -0.2) is 0 Å². The van der Waals surface area contributed by atoms with Crippen molar-refractivity contribution in [3.8, 4) is 0 Å². The van der Waals surface area contributed by atoms with Crippen LogP contribution in [0.25, 0.3) is 0 Å². The third-order valence-corrected chi connectivity index (χ3v) is 3.70. The van der Waals surface area contributed by atoms with Gasteiger partial charge in [0.05, 0.1) is 0 Å². The van der Waals surface area contributed by atoms with Crippen molar-refractivity contribution in [1.82, 2.24) is 10.2 Å². The van der Waals surface area contributed by atoms with E-state index >= 15 is 0 Å². The molecule has 2 aliphatic rings. The van der Waals surface area contributed by atoms with Crippen molar-refractivity contribution in [3.05, 3.63) is 0 Å². The number of piperidine rings is 2. The Kier molecular flexibility index (Phi) is 3.29. The molecule has 0 aliphatic carbocycles. The van der Waals surface area contributed by atoms with Crippen LogP contribution in [0, 0.1) is 11.8 Å². The Morgan fingerprint density at radius 2 is 2.20 bits per heavy atom. The van der Waals surface area contributed by atoms with Gasteiger partial charge in [-0.1, -0.05) is 13.8 Å². The van der Waals surface area contributed by atoms with Crippen LogP contribution in [0.15, 0.2) is 0 Å². The highest BCUT2D eigenvalue weighted by Crippen LogP contribution is 2.25. The number of carbonyl (C=O) groups excluding carboxylic acids is 1. The van der Waals surface area contributed by atoms with Crippen LogP contribution in [-0.4, -0.2) is 36.5 Å². The highest BCUT2D eigenvalue weighted by Gasteiger charge is 2.33. The Balaban J connectivity index is 1.93. The lowest BCUT2D eigenvalue weighted by Gasteiger charge is -2.42. The van der Waals surface area contributed by atoms with Crippen molar-refractivity contribution in [2.45, 2.75) is 39.2 Å². The lowest BCUT2D eigenvalue weighted by atomic mass is 9.85. The zero-order chi connectivity index (χ0) is 10.8. The fourth-order valence-corrected chi connectivity index (χ4v) is 2.81. The lowest BCUT2D eigenvalue weighted by Crippen LogP contribution is -2.54. The summed E-state index contributed by atoms with van der Waals surface area (Å²) in [6, 6.07) is 0.676. The van der Waals surface area contributed by atoms with Gasteiger partial charge in [0, 0.05) is 25.0 Å². The molecule has 1 N–H and O–H groups in total. The van der Waals surface area contributed by atoms with Crippen LogP contribution in [0.2, 0.25) is 0 Å². The monoisotopic (exact) mass is 210 g/mol. The topological polar surface area (TPSA) is 32.3 Å². The first kappa shape index (κ1) is 10.9. The summed E-state index contributed by atoms with van der Waals surface area (Å²) in [5, 5.41) is 3.57. The van der Waals surface area contributed by atoms with Crippen LogP contribution in [-0.2, 0) is 4.79 Å². The summed E-state index contributed by atoms with van der Waals surface area (Å²) in [5.41, 5.74) is 0. The molecule has 2 aliphatic heterocycles. The molecule has 0 aromatic carbocycles. The molecule has 2 atom stereocenters. The normalized spacial score (nSPS) is 31.5. The molecular weight excluding hydrogens is 188 g/mol. The maximum Gasteiger partial charge on any atom is 0.225 e. The van der Waals surface area contributed by atoms with Crippen molar-refractivity contribution >= 4 is 5.91 Å². The number of rotatable bonds is 1. The van der Waals surface area contributed by atoms with Gasteiger partial charge in [-0.05, 0) is 31.7 Å². The number of nitrogens with zero attached hydrogens (tertiary/aromatic N) is 1. The minimum absolute atomic E-state index is 0.151. The molecule has 3 heteroatoms. The predicted molar refractivity (Wildman–Crippen MR) is 60.5 cm³/mol. The summed E-state index contributed by atoms with van der Waals surface area (Å²) >= 11 is 0. The van der Waals surface area contributed by atoms with Gasteiger partial charge < -0.3 is 10.2 Å². The maximum atomic E-state index is 11.9. The van der Waals surface area contributed by atoms with E-state index in [1.165, 1.54) is 19.4 Å². The SMILES string of the molecule is CC(C)C(=O)N1CC[C@@H]2NCCC[C@H]2C1. The minimum atomic E-state index is 0.151. The van der Waals surface area contributed by atoms with E-state index in [2.05, 4.69) is 10.2 Å². The molecule has 0 radical (unpaired) electrons. The van der Waals surface area contributed by atoms with Crippen molar-refractivity contribution in [2.75, 3.05) is 19.6 Å². The summed E-state index contributed by atoms with van der Waals surface area (Å²) in [4.78, 5) is 13.9. The first-order chi connectivity index (χ1) is 7.18. The Bertz CT molecular complexity index is 240. The third-order valence-electron chi connectivity index (χ3n) is 3.70. The molecule has 2 heterocycles. The van der Waals surface area contributed by atoms with E-state index in [9.17, 15) is 4.79 Å². The van der Waals surface area contributed by atoms with E-state index < -0.39 is 0 Å². The first-order valence-corrected chi connectivity index (χ1v) is 6.20. The molecule has 86 valence electrons. The number of carbonyl (C=O) groups is 1. The summed E-state index contributed by atoms with van der Waals surface area (Å²) in [5.74, 6) is 1.19. The second kappa shape index (κ2) is 4.52. The van der Waals surface area contributed by atoms with Gasteiger partial charge in [-0.15, -0.1) is 0 Å². The standard InChI is InChI=1S/C12H22N2O/c1-9(2)12(15)14-7-5-11-10(8-14)4-3-6-13-11/h9-11,13H,3-8H2,1-2H3/t10-,11-/m0/s1. The van der Waals surface area contributed by atoms with Gasteiger partial charge in [0.1, 0.15) is 0 Å². The molecular formula is C12H22N2O. The molecule has 0 aromatic heterocycles. The second-order valence-corrected chi connectivity index (χ2v) is 5.19. The molecule has 2 fully saturated rings. The fourth-order valence-electron chi connectivity index (χ4n) is 2.81. The van der Waals surface area contributed by atoms with Crippen LogP contribution in [0.5, 0.6) is 0 Å². The van der Waals surface area contributed by atoms with Crippen LogP contribution in [0.4, 0.5) is 0 Å². The molecule has 15 heavy (non-hydrogen) atoms. The number of amides is 1. The molecule has 0 saturated carbocycles. The third kappa shape index (κ3) is 2.33. The highest BCUT2D eigenvalue weighted by atomic mass is 16.2. The summed E-state index contributed by atoms with van der Waals surface area (Å²) in [6.07, 6.45) is 3.70. The number of hydrogen-bond donors (Lipinski definition) is 1. The van der Waals surface area contributed by atoms with Gasteiger partial charge in [-0.3, -0.25) is 4.79 Å². The zero-order valence-corrected chi connectivity index (χ0v) is 9.83. The number of nitrogens with one attached hydrogen (secondary N) is 1. The molecule has 2 saturated heterocycles. The summed E-state index contributed by atoms with van der Waals surface area (Å²) in [6.45, 7) is 7.08. The Hall–Kier alpha value is -0.570. The van der Waals surface area contributed by atoms with Gasteiger partial charge >= 0.3 is 0 Å². The highest BCUT2D eigenvalue weighted by molar-refractivity contribution is 5.78. The van der Waals surface area contributed by atoms with E-state index in [4.69, 9.17) is 0 Å². The van der Waals surface area contributed by atoms with Crippen molar-refractivity contribution in [1.29, 1.82) is 0 Å². The molecule has 0 unspecified atom stereocenters. The van der Waals surface area contributed by atoms with E-state index in [-0.39, 0.29) is 5.92 Å². The van der Waals surface area contributed by atoms with E-state index in [0.717, 1.165) is 19.5 Å². The maximum absolute atomic E-state index is 11.9. The number of likely N-dealkylation sites (tertiary alicyclic amines) is 1. The van der Waals surface area contributed by atoms with Crippen LogP contribution in [0.1, 0.15) is 33.1 Å². The van der Waals surface area contributed by atoms with Gasteiger partial charge in [-0.2, -0.15) is 0 Å². The molecule has 0 spiro atoms. The van der Waals surface area contributed by atoms with E-state index in [0.29, 0.717) is 17.9 Å². The fraction of sp³-hybridized carbons (Fsp3) is 0.917. The van der Waals surface area contributed by atoms with Crippen LogP contribution in [0.3, 0.4) is 0 Å². The van der Waals surface area contributed by atoms with Crippen molar-refractivity contribution < 1.29 is 4.79 Å². The Labute approximate surface area is 92.2 Å². The molecule has 2 rings (SSSR count). The Morgan fingerprint density at radius 1 is 1.40 bits per heavy atom. The molecule has 1 amide bonds. The minimum Gasteiger partial charge on any atom is -0.342 e. The van der Waals surface area contributed by atoms with Crippen LogP contribution >= 0.6 is 0 Å². The van der Waals surface area contributed by atoms with E-state index in [1.54, 1.807) is 0 Å². The first-order valence-electron chi connectivity index (χ1n) is 6.20. The second-order valence-electron chi connectivity index (χ2n) is 5.19. The van der Waals surface area contributed by atoms with E-state index in [1.807, 2.05) is 13.8 Å². The van der Waals surface area contributed by atoms with Gasteiger partial charge in [0.15, 0.2) is 0 Å². The summed E-state index contributed by atoms with van der Waals surface area (Å²) in [7, 11) is 0. The average Bonchev–Trinajstić information content (AvgIpc) is 2.27. The predicted octanol–water partition coefficient (Wildman–Crippen LogP) is 1.24. The van der Waals surface area contributed by atoms with Gasteiger partial charge in [0.2, 0.25) is 5.91 Å². The van der Waals surface area contributed by atoms with Crippen LogP contribution < -0.4 is 5.32 Å². The lowest BCUT2D eigenvalue weighted by molar-refractivity contribution is -0.136.